The first-order valence-corrected chi connectivity index (χ1v) is 7.64. The molecule has 0 fully saturated rings. The molecule has 21 heavy (non-hydrogen) atoms. The van der Waals surface area contributed by atoms with E-state index in [1.54, 1.807) is 42.6 Å². The van der Waals surface area contributed by atoms with Crippen LogP contribution in [0.1, 0.15) is 12.5 Å². The van der Waals surface area contributed by atoms with Crippen LogP contribution in [0.5, 0.6) is 5.75 Å². The third kappa shape index (κ3) is 4.41. The number of nitrogens with zero attached hydrogens (tertiary/aromatic N) is 1. The lowest BCUT2D eigenvalue weighted by molar-refractivity contribution is -0.114. The van der Waals surface area contributed by atoms with Crippen molar-refractivity contribution in [3.8, 4) is 5.75 Å². The van der Waals surface area contributed by atoms with Crippen LogP contribution in [-0.2, 0) is 4.79 Å². The molecule has 0 aliphatic heterocycles. The summed E-state index contributed by atoms with van der Waals surface area (Å²) < 4.78 is 1.44. The van der Waals surface area contributed by atoms with Gasteiger partial charge in [-0.05, 0) is 52.3 Å². The summed E-state index contributed by atoms with van der Waals surface area (Å²) in [6.45, 7) is 1.46. The number of aliphatic imine (C=N–C) groups is 1. The van der Waals surface area contributed by atoms with Crippen molar-refractivity contribution in [2.45, 2.75) is 6.92 Å². The highest BCUT2D eigenvalue weighted by atomic mass is 79.9. The zero-order valence-electron chi connectivity index (χ0n) is 11.1. The molecule has 0 heterocycles. The van der Waals surface area contributed by atoms with Crippen LogP contribution in [0.3, 0.4) is 0 Å². The molecular weight excluding hydrogens is 400 g/mol. The minimum Gasteiger partial charge on any atom is -0.506 e. The van der Waals surface area contributed by atoms with Gasteiger partial charge in [-0.1, -0.05) is 15.9 Å². The topological polar surface area (TPSA) is 61.7 Å². The third-order valence-corrected chi connectivity index (χ3v) is 3.66. The van der Waals surface area contributed by atoms with Crippen LogP contribution in [0.2, 0.25) is 0 Å². The van der Waals surface area contributed by atoms with E-state index in [-0.39, 0.29) is 11.7 Å². The summed E-state index contributed by atoms with van der Waals surface area (Å²) in [4.78, 5) is 15.2. The highest BCUT2D eigenvalue weighted by molar-refractivity contribution is 9.11. The first kappa shape index (κ1) is 15.7. The molecule has 6 heteroatoms. The van der Waals surface area contributed by atoms with Crippen LogP contribution in [-0.4, -0.2) is 17.2 Å². The first-order valence-electron chi connectivity index (χ1n) is 6.05. The summed E-state index contributed by atoms with van der Waals surface area (Å²) in [5.41, 5.74) is 2.04. The van der Waals surface area contributed by atoms with Gasteiger partial charge in [0.05, 0.1) is 10.2 Å². The minimum atomic E-state index is -0.116. The maximum Gasteiger partial charge on any atom is 0.221 e. The van der Waals surface area contributed by atoms with Gasteiger partial charge in [-0.3, -0.25) is 9.79 Å². The Morgan fingerprint density at radius 3 is 2.52 bits per heavy atom. The number of phenolic OH excluding ortho intramolecular Hbond substituents is 1. The van der Waals surface area contributed by atoms with Crippen LogP contribution < -0.4 is 5.32 Å². The van der Waals surface area contributed by atoms with Crippen molar-refractivity contribution < 1.29 is 9.90 Å². The molecule has 0 aliphatic carbocycles. The van der Waals surface area contributed by atoms with Crippen LogP contribution in [0, 0.1) is 0 Å². The van der Waals surface area contributed by atoms with Gasteiger partial charge < -0.3 is 10.4 Å². The molecule has 0 atom stereocenters. The number of amides is 1. The number of hydrogen-bond acceptors (Lipinski definition) is 3. The number of carbonyl (C=O) groups is 1. The smallest absolute Gasteiger partial charge is 0.221 e. The van der Waals surface area contributed by atoms with E-state index in [1.165, 1.54) is 6.92 Å². The SMILES string of the molecule is CC(=O)Nc1ccc(N=Cc2cc(Br)cc(Br)c2O)cc1. The lowest BCUT2D eigenvalue weighted by Gasteiger charge is -2.03. The third-order valence-electron chi connectivity index (χ3n) is 2.60. The van der Waals surface area contributed by atoms with Crippen molar-refractivity contribution in [1.82, 2.24) is 0 Å². The fourth-order valence-electron chi connectivity index (χ4n) is 1.66. The molecule has 2 aromatic carbocycles. The van der Waals surface area contributed by atoms with E-state index in [2.05, 4.69) is 42.2 Å². The number of phenols is 1. The molecule has 0 aromatic heterocycles. The lowest BCUT2D eigenvalue weighted by Crippen LogP contribution is -2.04. The average molecular weight is 412 g/mol. The Kier molecular flexibility index (Phi) is 5.14. The number of benzene rings is 2. The van der Waals surface area contributed by atoms with Gasteiger partial charge in [-0.25, -0.2) is 0 Å². The molecule has 0 bridgehead atoms. The van der Waals surface area contributed by atoms with E-state index in [0.29, 0.717) is 10.0 Å². The zero-order chi connectivity index (χ0) is 15.4. The van der Waals surface area contributed by atoms with Crippen molar-refractivity contribution in [2.24, 2.45) is 4.99 Å². The van der Waals surface area contributed by atoms with Gasteiger partial charge in [-0.2, -0.15) is 0 Å². The summed E-state index contributed by atoms with van der Waals surface area (Å²) in [6.07, 6.45) is 1.58. The molecule has 108 valence electrons. The molecular formula is C15H12Br2N2O2. The summed E-state index contributed by atoms with van der Waals surface area (Å²) in [6, 6.07) is 10.6. The zero-order valence-corrected chi connectivity index (χ0v) is 14.3. The van der Waals surface area contributed by atoms with Gasteiger partial charge in [0.15, 0.2) is 0 Å². The normalized spacial score (nSPS) is 10.8. The Bertz CT molecular complexity index is 698. The van der Waals surface area contributed by atoms with Gasteiger partial charge in [0.2, 0.25) is 5.91 Å². The molecule has 2 aromatic rings. The van der Waals surface area contributed by atoms with Crippen molar-refractivity contribution in [2.75, 3.05) is 5.32 Å². The quantitative estimate of drug-likeness (QED) is 0.723. The summed E-state index contributed by atoms with van der Waals surface area (Å²) >= 11 is 6.64. The summed E-state index contributed by atoms with van der Waals surface area (Å²) in [7, 11) is 0. The number of anilines is 1. The van der Waals surface area contributed by atoms with Crippen LogP contribution in [0.25, 0.3) is 0 Å². The lowest BCUT2D eigenvalue weighted by atomic mass is 10.2. The van der Waals surface area contributed by atoms with Gasteiger partial charge in [-0.15, -0.1) is 0 Å². The van der Waals surface area contributed by atoms with Gasteiger partial charge in [0, 0.05) is 28.9 Å². The highest BCUT2D eigenvalue weighted by Crippen LogP contribution is 2.31. The van der Waals surface area contributed by atoms with Crippen molar-refractivity contribution >= 4 is 55.4 Å². The second-order valence-electron chi connectivity index (χ2n) is 4.31. The fraction of sp³-hybridized carbons (Fsp3) is 0.0667. The minimum absolute atomic E-state index is 0.116. The first-order chi connectivity index (χ1) is 9.95. The number of nitrogens with one attached hydrogen (secondary N) is 1. The number of halogens is 2. The van der Waals surface area contributed by atoms with E-state index in [9.17, 15) is 9.90 Å². The number of aromatic hydroxyl groups is 1. The maximum atomic E-state index is 10.9. The second-order valence-corrected chi connectivity index (χ2v) is 6.08. The summed E-state index contributed by atoms with van der Waals surface area (Å²) in [5, 5.41) is 12.6. The largest absolute Gasteiger partial charge is 0.506 e. The van der Waals surface area contributed by atoms with Crippen molar-refractivity contribution in [3.05, 3.63) is 50.9 Å². The average Bonchev–Trinajstić information content (AvgIpc) is 2.42. The number of hydrogen-bond donors (Lipinski definition) is 2. The predicted molar refractivity (Wildman–Crippen MR) is 91.5 cm³/mol. The van der Waals surface area contributed by atoms with Crippen molar-refractivity contribution in [3.63, 3.8) is 0 Å². The molecule has 0 saturated carbocycles. The van der Waals surface area contributed by atoms with Gasteiger partial charge in [0.25, 0.3) is 0 Å². The molecule has 0 unspecified atom stereocenters. The standard InChI is InChI=1S/C15H12Br2N2O2/c1-9(20)19-13-4-2-12(3-5-13)18-8-10-6-11(16)7-14(17)15(10)21/h2-8,21H,1H3,(H,19,20). The Balaban J connectivity index is 2.20. The van der Waals surface area contributed by atoms with Gasteiger partial charge >= 0.3 is 0 Å². The van der Waals surface area contributed by atoms with E-state index >= 15 is 0 Å². The van der Waals surface area contributed by atoms with E-state index in [0.717, 1.165) is 15.8 Å². The second kappa shape index (κ2) is 6.87. The highest BCUT2D eigenvalue weighted by Gasteiger charge is 2.05. The molecule has 2 N–H and O–H groups in total. The number of rotatable bonds is 3. The Labute approximate surface area is 139 Å². The molecule has 0 saturated heterocycles. The molecule has 0 aliphatic rings. The molecule has 4 nitrogen and oxygen atoms in total. The maximum absolute atomic E-state index is 10.9. The monoisotopic (exact) mass is 410 g/mol. The van der Waals surface area contributed by atoms with Crippen LogP contribution in [0.15, 0.2) is 50.3 Å². The Morgan fingerprint density at radius 1 is 1.24 bits per heavy atom. The summed E-state index contributed by atoms with van der Waals surface area (Å²) in [5.74, 6) is 0.0203. The van der Waals surface area contributed by atoms with E-state index in [1.807, 2.05) is 0 Å². The predicted octanol–water partition coefficient (Wildman–Crippen LogP) is 4.63. The van der Waals surface area contributed by atoms with Gasteiger partial charge in [0.1, 0.15) is 5.75 Å². The van der Waals surface area contributed by atoms with E-state index in [4.69, 9.17) is 0 Å². The van der Waals surface area contributed by atoms with Crippen LogP contribution in [0.4, 0.5) is 11.4 Å². The molecule has 2 rings (SSSR count). The molecule has 0 spiro atoms. The fourth-order valence-corrected chi connectivity index (χ4v) is 2.92. The molecule has 0 radical (unpaired) electrons. The molecule has 1 amide bonds. The van der Waals surface area contributed by atoms with E-state index < -0.39 is 0 Å². The van der Waals surface area contributed by atoms with Crippen LogP contribution >= 0.6 is 31.9 Å². The Hall–Kier alpha value is -1.66. The number of carbonyl (C=O) groups excluding carboxylic acids is 1. The Morgan fingerprint density at radius 2 is 1.90 bits per heavy atom. The van der Waals surface area contributed by atoms with Crippen molar-refractivity contribution in [1.29, 1.82) is 0 Å².